The van der Waals surface area contributed by atoms with E-state index in [0.29, 0.717) is 10.9 Å². The van der Waals surface area contributed by atoms with Gasteiger partial charge in [-0.2, -0.15) is 5.10 Å². The van der Waals surface area contributed by atoms with E-state index >= 15 is 0 Å². The average Bonchev–Trinajstić information content (AvgIpc) is 2.89. The van der Waals surface area contributed by atoms with Gasteiger partial charge in [0, 0.05) is 0 Å². The number of rotatable bonds is 3. The Kier molecular flexibility index (Phi) is 4.49. The zero-order chi connectivity index (χ0) is 14.6. The van der Waals surface area contributed by atoms with Gasteiger partial charge in [0.05, 0.1) is 16.3 Å². The average molecular weight is 313 g/mol. The molecule has 0 spiro atoms. The summed E-state index contributed by atoms with van der Waals surface area (Å²) in [5.41, 5.74) is 0.389. The van der Waals surface area contributed by atoms with Crippen LogP contribution in [0.15, 0.2) is 40.8 Å². The topological polar surface area (TPSA) is 134 Å². The second-order valence-electron chi connectivity index (χ2n) is 3.65. The molecule has 1 unspecified atom stereocenters. The maximum absolute atomic E-state index is 11.6. The van der Waals surface area contributed by atoms with Crippen molar-refractivity contribution in [2.24, 2.45) is 10.1 Å². The Morgan fingerprint density at radius 2 is 2.15 bits per heavy atom. The number of nitrogens with one attached hydrogen (secondary N) is 1. The summed E-state index contributed by atoms with van der Waals surface area (Å²) in [6.07, 6.45) is 6.97. The number of thioether (sulfide) groups is 1. The molecule has 0 aromatic carbocycles. The Morgan fingerprint density at radius 1 is 1.45 bits per heavy atom. The molecule has 0 radical (unpaired) electrons. The number of carbonyl (C=O) groups excluding carboxylic acids is 1. The van der Waals surface area contributed by atoms with Crippen molar-refractivity contribution in [2.75, 3.05) is 5.75 Å². The molecule has 1 heterocycles. The molecule has 0 saturated heterocycles. The Morgan fingerprint density at radius 3 is 2.70 bits per heavy atom. The number of nitrogens with zero attached hydrogens (tertiary/aromatic N) is 3. The number of nitrogens with two attached hydrogens (primary N) is 1. The molecule has 0 saturated carbocycles. The normalized spacial score (nSPS) is 17.1. The quantitative estimate of drug-likeness (QED) is 0.522. The fourth-order valence-corrected chi connectivity index (χ4v) is 2.38. The van der Waals surface area contributed by atoms with E-state index < -0.39 is 9.99 Å². The van der Waals surface area contributed by atoms with Crippen molar-refractivity contribution in [3.8, 4) is 0 Å². The Hall–Kier alpha value is -1.75. The number of aromatic nitrogens is 3. The first-order valence-corrected chi connectivity index (χ1v) is 7.89. The highest BCUT2D eigenvalue weighted by molar-refractivity contribution is 7.99. The summed E-state index contributed by atoms with van der Waals surface area (Å²) in [7, 11) is -3.49. The molecule has 10 heteroatoms. The first-order valence-electron chi connectivity index (χ1n) is 5.32. The summed E-state index contributed by atoms with van der Waals surface area (Å²) in [4.78, 5) is 19.4. The van der Waals surface area contributed by atoms with E-state index in [1.807, 2.05) is 0 Å². The first kappa shape index (κ1) is 14.7. The molecule has 106 valence electrons. The molecule has 1 aliphatic carbocycles. The van der Waals surface area contributed by atoms with Crippen molar-refractivity contribution in [2.45, 2.75) is 5.16 Å². The third-order valence-corrected chi connectivity index (χ3v) is 3.96. The highest BCUT2D eigenvalue weighted by Gasteiger charge is 2.08. The minimum atomic E-state index is -3.49. The Bertz CT molecular complexity index is 685. The summed E-state index contributed by atoms with van der Waals surface area (Å²) < 4.78 is 20.3. The molecular formula is C10H11N5O3S2. The van der Waals surface area contributed by atoms with Gasteiger partial charge in [-0.3, -0.25) is 9.89 Å². The molecule has 1 aliphatic rings. The highest BCUT2D eigenvalue weighted by Crippen LogP contribution is 2.10. The van der Waals surface area contributed by atoms with Crippen LogP contribution in [-0.4, -0.2) is 46.2 Å². The summed E-state index contributed by atoms with van der Waals surface area (Å²) in [5.74, 6) is -0.235. The lowest BCUT2D eigenvalue weighted by molar-refractivity contribution is -0.115. The monoisotopic (exact) mass is 313 g/mol. The van der Waals surface area contributed by atoms with E-state index in [1.165, 1.54) is 42.4 Å². The fraction of sp³-hybridized carbons (Fsp3) is 0.100. The largest absolute Gasteiger partial charge is 0.302 e. The van der Waals surface area contributed by atoms with Crippen LogP contribution in [0.25, 0.3) is 0 Å². The Labute approximate surface area is 119 Å². The molecule has 1 atom stereocenters. The third-order valence-electron chi connectivity index (χ3n) is 2.15. The zero-order valence-electron chi connectivity index (χ0n) is 10.1. The van der Waals surface area contributed by atoms with Crippen molar-refractivity contribution in [1.29, 1.82) is 0 Å². The highest BCUT2D eigenvalue weighted by atomic mass is 32.2. The smallest absolute Gasteiger partial charge is 0.256 e. The number of carbonyl (C=O) groups is 1. The number of amides is 1. The van der Waals surface area contributed by atoms with Crippen LogP contribution < -0.4 is 5.14 Å². The number of allylic oxidation sites excluding steroid dienone is 4. The maximum atomic E-state index is 11.6. The standard InChI is InChI=1S/C10H11N5O3S2/c11-20(17,18)8-3-1-7(2-4-8)14-9(16)5-19-10-12-6-13-15-10/h1-4,6H,5H2,(H3,11,17,18)(H,12,13,15). The van der Waals surface area contributed by atoms with Crippen LogP contribution in [0.3, 0.4) is 0 Å². The van der Waals surface area contributed by atoms with Gasteiger partial charge in [0.25, 0.3) is 5.91 Å². The van der Waals surface area contributed by atoms with Crippen LogP contribution in [0, 0.1) is 0 Å². The first-order chi connectivity index (χ1) is 9.45. The van der Waals surface area contributed by atoms with E-state index in [4.69, 9.17) is 9.69 Å². The molecule has 20 heavy (non-hydrogen) atoms. The van der Waals surface area contributed by atoms with Crippen molar-refractivity contribution in [1.82, 2.24) is 15.2 Å². The molecule has 2 rings (SSSR count). The minimum absolute atomic E-state index is 0.0833. The van der Waals surface area contributed by atoms with Gasteiger partial charge >= 0.3 is 0 Å². The maximum Gasteiger partial charge on any atom is 0.256 e. The predicted octanol–water partition coefficient (Wildman–Crippen LogP) is -0.206. The molecule has 0 aliphatic heterocycles. The predicted molar refractivity (Wildman–Crippen MR) is 77.8 cm³/mol. The van der Waals surface area contributed by atoms with Crippen molar-refractivity contribution in [3.63, 3.8) is 0 Å². The molecule has 1 amide bonds. The van der Waals surface area contributed by atoms with Gasteiger partial charge in [0.2, 0.25) is 0 Å². The van der Waals surface area contributed by atoms with Crippen molar-refractivity contribution < 1.29 is 13.6 Å². The SMILES string of the molecule is NS(=O)(O)=C1C=CC(=NC(=O)CSc2ncn[nH]2)C=C1. The summed E-state index contributed by atoms with van der Waals surface area (Å²) >= 11 is 1.18. The lowest BCUT2D eigenvalue weighted by Gasteiger charge is -2.04. The molecule has 0 bridgehead atoms. The van der Waals surface area contributed by atoms with Crippen LogP contribution in [0.2, 0.25) is 0 Å². The molecule has 8 nitrogen and oxygen atoms in total. The van der Waals surface area contributed by atoms with Crippen LogP contribution in [0.1, 0.15) is 0 Å². The van der Waals surface area contributed by atoms with Crippen LogP contribution in [0.4, 0.5) is 0 Å². The van der Waals surface area contributed by atoms with Gasteiger partial charge in [-0.15, -0.1) is 0 Å². The van der Waals surface area contributed by atoms with Gasteiger partial charge in [0.1, 0.15) is 16.3 Å². The van der Waals surface area contributed by atoms with Gasteiger partial charge in [-0.25, -0.2) is 19.3 Å². The number of hydrogen-bond donors (Lipinski definition) is 3. The van der Waals surface area contributed by atoms with E-state index in [1.54, 1.807) is 0 Å². The summed E-state index contributed by atoms with van der Waals surface area (Å²) in [6, 6.07) is 0. The minimum Gasteiger partial charge on any atom is -0.302 e. The van der Waals surface area contributed by atoms with E-state index in [2.05, 4.69) is 20.2 Å². The lowest BCUT2D eigenvalue weighted by Crippen LogP contribution is -2.20. The second kappa shape index (κ2) is 6.13. The summed E-state index contributed by atoms with van der Waals surface area (Å²) in [5, 5.41) is 11.9. The fourth-order valence-electron chi connectivity index (χ4n) is 1.29. The number of aromatic amines is 1. The van der Waals surface area contributed by atoms with E-state index in [0.717, 1.165) is 0 Å². The Balaban J connectivity index is 1.98. The van der Waals surface area contributed by atoms with Gasteiger partial charge in [-0.1, -0.05) is 11.8 Å². The number of aliphatic imine (C=N–C) groups is 1. The van der Waals surface area contributed by atoms with Crippen LogP contribution in [0.5, 0.6) is 0 Å². The number of H-pyrrole nitrogens is 1. The summed E-state index contributed by atoms with van der Waals surface area (Å²) in [6.45, 7) is 0. The molecule has 1 aromatic rings. The van der Waals surface area contributed by atoms with Gasteiger partial charge < -0.3 is 4.55 Å². The second-order valence-corrected chi connectivity index (χ2v) is 6.22. The molecule has 0 fully saturated rings. The zero-order valence-corrected chi connectivity index (χ0v) is 11.7. The number of hydrogen-bond acceptors (Lipinski definition) is 5. The molecular weight excluding hydrogens is 302 g/mol. The molecule has 1 aromatic heterocycles. The third kappa shape index (κ3) is 4.13. The lowest BCUT2D eigenvalue weighted by atomic mass is 10.2. The van der Waals surface area contributed by atoms with Crippen LogP contribution >= 0.6 is 11.8 Å². The van der Waals surface area contributed by atoms with Gasteiger partial charge in [0.15, 0.2) is 5.16 Å². The van der Waals surface area contributed by atoms with Crippen molar-refractivity contribution in [3.05, 3.63) is 30.6 Å². The van der Waals surface area contributed by atoms with Crippen LogP contribution in [-0.2, 0) is 14.8 Å². The van der Waals surface area contributed by atoms with E-state index in [-0.39, 0.29) is 16.5 Å². The van der Waals surface area contributed by atoms with Gasteiger partial charge in [-0.05, 0) is 24.3 Å². The van der Waals surface area contributed by atoms with Crippen molar-refractivity contribution >= 4 is 38.2 Å². The van der Waals surface area contributed by atoms with E-state index in [9.17, 15) is 9.00 Å². The molecule has 4 N–H and O–H groups in total.